The van der Waals surface area contributed by atoms with E-state index < -0.39 is 0 Å². The van der Waals surface area contributed by atoms with Crippen molar-refractivity contribution in [1.82, 2.24) is 14.5 Å². The van der Waals surface area contributed by atoms with Crippen molar-refractivity contribution < 1.29 is 4.74 Å². The first-order valence-corrected chi connectivity index (χ1v) is 14.1. The van der Waals surface area contributed by atoms with E-state index in [0.717, 1.165) is 40.0 Å². The van der Waals surface area contributed by atoms with Gasteiger partial charge in [-0.1, -0.05) is 74.2 Å². The van der Waals surface area contributed by atoms with E-state index >= 15 is 0 Å². The fourth-order valence-corrected chi connectivity index (χ4v) is 5.86. The second kappa shape index (κ2) is 11.5. The molecule has 6 rings (SSSR count). The van der Waals surface area contributed by atoms with Gasteiger partial charge in [-0.3, -0.25) is 19.2 Å². The Kier molecular flexibility index (Phi) is 7.46. The number of fused-ring (bicyclic) bond motifs is 1. The molecule has 6 heteroatoms. The Morgan fingerprint density at radius 1 is 0.795 bits per heavy atom. The van der Waals surface area contributed by atoms with Crippen molar-refractivity contribution in [3.8, 4) is 11.5 Å². The highest BCUT2D eigenvalue weighted by Gasteiger charge is 2.32. The zero-order valence-electron chi connectivity index (χ0n) is 22.6. The van der Waals surface area contributed by atoms with Gasteiger partial charge < -0.3 is 4.74 Å². The molecule has 1 aliphatic heterocycles. The number of nitrogens with zero attached hydrogens (tertiary/aromatic N) is 4. The van der Waals surface area contributed by atoms with Crippen LogP contribution in [0.2, 0.25) is 0 Å². The number of hydrogen-bond donors (Lipinski definition) is 0. The van der Waals surface area contributed by atoms with E-state index in [1.807, 2.05) is 72.2 Å². The van der Waals surface area contributed by atoms with E-state index in [-0.39, 0.29) is 5.56 Å². The maximum absolute atomic E-state index is 14.0. The molecule has 1 aliphatic carbocycles. The summed E-state index contributed by atoms with van der Waals surface area (Å²) in [5.41, 5.74) is 3.77. The van der Waals surface area contributed by atoms with Crippen LogP contribution in [-0.4, -0.2) is 27.2 Å². The van der Waals surface area contributed by atoms with Crippen molar-refractivity contribution in [2.75, 3.05) is 11.6 Å². The Morgan fingerprint density at radius 3 is 2.13 bits per heavy atom. The van der Waals surface area contributed by atoms with Gasteiger partial charge in [-0.2, -0.15) is 0 Å². The van der Waals surface area contributed by atoms with Gasteiger partial charge >= 0.3 is 0 Å². The Labute approximate surface area is 230 Å². The lowest BCUT2D eigenvalue weighted by Gasteiger charge is -2.42. The van der Waals surface area contributed by atoms with Gasteiger partial charge in [0.05, 0.1) is 19.0 Å². The quantitative estimate of drug-likeness (QED) is 0.256. The predicted molar refractivity (Wildman–Crippen MR) is 156 cm³/mol. The van der Waals surface area contributed by atoms with Gasteiger partial charge in [-0.05, 0) is 61.7 Å². The van der Waals surface area contributed by atoms with Crippen LogP contribution in [-0.2, 0) is 13.1 Å². The lowest BCUT2D eigenvalue weighted by atomic mass is 10.0. The van der Waals surface area contributed by atoms with Crippen LogP contribution >= 0.6 is 0 Å². The lowest BCUT2D eigenvalue weighted by molar-refractivity contribution is 0.123. The smallest absolute Gasteiger partial charge is 0.259 e. The number of anilines is 2. The molecule has 39 heavy (non-hydrogen) atoms. The molecular weight excluding hydrogens is 484 g/mol. The van der Waals surface area contributed by atoms with E-state index in [1.165, 1.54) is 38.5 Å². The minimum absolute atomic E-state index is 0.0636. The standard InChI is InChI=1S/C33H36N4O2/c1-25-31(22-26-12-6-4-7-13-26)32(38)37-24-35(27-14-8-2-3-9-15-27)23-36(33(37)34-25)28-18-20-30(21-19-28)39-29-16-10-5-11-17-29/h4-7,10-13,16-21,27H,2-3,8-9,14-15,22-24H2,1H3. The van der Waals surface area contributed by atoms with Gasteiger partial charge in [0, 0.05) is 23.7 Å². The van der Waals surface area contributed by atoms with Crippen LogP contribution in [0.1, 0.15) is 55.3 Å². The highest BCUT2D eigenvalue weighted by molar-refractivity contribution is 5.60. The summed E-state index contributed by atoms with van der Waals surface area (Å²) in [6.07, 6.45) is 8.05. The Bertz CT molecular complexity index is 1440. The third-order valence-electron chi connectivity index (χ3n) is 8.03. The van der Waals surface area contributed by atoms with Gasteiger partial charge in [0.2, 0.25) is 5.95 Å². The second-order valence-electron chi connectivity index (χ2n) is 10.7. The normalized spacial score (nSPS) is 16.5. The summed E-state index contributed by atoms with van der Waals surface area (Å²) >= 11 is 0. The SMILES string of the molecule is Cc1nc2n(c(=O)c1Cc1ccccc1)CN(C1CCCCCC1)CN2c1ccc(Oc2ccccc2)cc1. The van der Waals surface area contributed by atoms with E-state index in [0.29, 0.717) is 25.8 Å². The summed E-state index contributed by atoms with van der Waals surface area (Å²) in [4.78, 5) is 23.7. The molecule has 0 amide bonds. The van der Waals surface area contributed by atoms with Crippen molar-refractivity contribution in [2.24, 2.45) is 0 Å². The maximum Gasteiger partial charge on any atom is 0.259 e. The number of aryl methyl sites for hydroxylation is 1. The van der Waals surface area contributed by atoms with E-state index in [9.17, 15) is 4.79 Å². The molecular formula is C33H36N4O2. The van der Waals surface area contributed by atoms with Crippen LogP contribution in [0.5, 0.6) is 11.5 Å². The molecule has 1 saturated carbocycles. The van der Waals surface area contributed by atoms with Gasteiger partial charge in [0.15, 0.2) is 0 Å². The Balaban J connectivity index is 1.36. The molecule has 4 aromatic rings. The summed E-state index contributed by atoms with van der Waals surface area (Å²) in [7, 11) is 0. The molecule has 0 unspecified atom stereocenters. The van der Waals surface area contributed by atoms with Crippen LogP contribution in [0.3, 0.4) is 0 Å². The van der Waals surface area contributed by atoms with Crippen LogP contribution < -0.4 is 15.2 Å². The molecule has 1 fully saturated rings. The predicted octanol–water partition coefficient (Wildman–Crippen LogP) is 7.03. The zero-order chi connectivity index (χ0) is 26.6. The highest BCUT2D eigenvalue weighted by Crippen LogP contribution is 2.33. The van der Waals surface area contributed by atoms with Gasteiger partial charge in [0.1, 0.15) is 11.5 Å². The molecule has 200 valence electrons. The first kappa shape index (κ1) is 25.4. The number of ether oxygens (including phenoxy) is 1. The average molecular weight is 521 g/mol. The van der Waals surface area contributed by atoms with Crippen LogP contribution in [0.15, 0.2) is 89.7 Å². The van der Waals surface area contributed by atoms with Crippen molar-refractivity contribution >= 4 is 11.6 Å². The third kappa shape index (κ3) is 5.62. The zero-order valence-corrected chi connectivity index (χ0v) is 22.6. The molecule has 0 atom stereocenters. The van der Waals surface area contributed by atoms with E-state index in [4.69, 9.17) is 9.72 Å². The van der Waals surface area contributed by atoms with Gasteiger partial charge in [-0.15, -0.1) is 0 Å². The number of aromatic nitrogens is 2. The maximum atomic E-state index is 14.0. The molecule has 1 aromatic heterocycles. The van der Waals surface area contributed by atoms with Crippen molar-refractivity contribution in [2.45, 2.75) is 64.6 Å². The minimum Gasteiger partial charge on any atom is -0.457 e. The van der Waals surface area contributed by atoms with Crippen molar-refractivity contribution in [3.05, 3.63) is 112 Å². The first-order valence-electron chi connectivity index (χ1n) is 14.1. The molecule has 0 N–H and O–H groups in total. The fourth-order valence-electron chi connectivity index (χ4n) is 5.86. The largest absolute Gasteiger partial charge is 0.457 e. The molecule has 0 saturated heterocycles. The lowest BCUT2D eigenvalue weighted by Crippen LogP contribution is -2.51. The molecule has 0 radical (unpaired) electrons. The van der Waals surface area contributed by atoms with E-state index in [2.05, 4.69) is 34.1 Å². The van der Waals surface area contributed by atoms with Crippen molar-refractivity contribution in [1.29, 1.82) is 0 Å². The number of rotatable bonds is 6. The topological polar surface area (TPSA) is 50.6 Å². The molecule has 0 spiro atoms. The highest BCUT2D eigenvalue weighted by atomic mass is 16.5. The molecule has 2 heterocycles. The molecule has 0 bridgehead atoms. The molecule has 3 aromatic carbocycles. The van der Waals surface area contributed by atoms with Gasteiger partial charge in [0.25, 0.3) is 5.56 Å². The Morgan fingerprint density at radius 2 is 1.44 bits per heavy atom. The number of hydrogen-bond acceptors (Lipinski definition) is 5. The van der Waals surface area contributed by atoms with Crippen LogP contribution in [0.25, 0.3) is 0 Å². The van der Waals surface area contributed by atoms with Crippen LogP contribution in [0, 0.1) is 6.92 Å². The second-order valence-corrected chi connectivity index (χ2v) is 10.7. The molecule has 6 nitrogen and oxygen atoms in total. The van der Waals surface area contributed by atoms with Crippen molar-refractivity contribution in [3.63, 3.8) is 0 Å². The summed E-state index contributed by atoms with van der Waals surface area (Å²) in [6.45, 7) is 3.26. The summed E-state index contributed by atoms with van der Waals surface area (Å²) in [6, 6.07) is 28.6. The third-order valence-corrected chi connectivity index (χ3v) is 8.03. The monoisotopic (exact) mass is 520 g/mol. The van der Waals surface area contributed by atoms with E-state index in [1.54, 1.807) is 0 Å². The number of para-hydroxylation sites is 1. The molecule has 2 aliphatic rings. The summed E-state index contributed by atoms with van der Waals surface area (Å²) in [5.74, 6) is 2.31. The number of benzene rings is 3. The first-order chi connectivity index (χ1) is 19.2. The van der Waals surface area contributed by atoms with Crippen LogP contribution in [0.4, 0.5) is 11.6 Å². The summed E-state index contributed by atoms with van der Waals surface area (Å²) in [5, 5.41) is 0. The summed E-state index contributed by atoms with van der Waals surface area (Å²) < 4.78 is 7.93. The Hall–Kier alpha value is -3.90. The van der Waals surface area contributed by atoms with Gasteiger partial charge in [-0.25, -0.2) is 4.98 Å². The fraction of sp³-hybridized carbons (Fsp3) is 0.333. The minimum atomic E-state index is 0.0636. The average Bonchev–Trinajstić information content (AvgIpc) is 3.26.